The highest BCUT2D eigenvalue weighted by Gasteiger charge is 2.03. The topological polar surface area (TPSA) is 52.3 Å². The van der Waals surface area contributed by atoms with Crippen LogP contribution in [-0.4, -0.2) is 18.3 Å². The fourth-order valence-corrected chi connectivity index (χ4v) is 1.94. The summed E-state index contributed by atoms with van der Waals surface area (Å²) in [5.41, 5.74) is 6.16. The van der Waals surface area contributed by atoms with Crippen molar-refractivity contribution in [3.05, 3.63) is 29.8 Å². The van der Waals surface area contributed by atoms with Gasteiger partial charge in [0.15, 0.2) is 0 Å². The Kier molecular flexibility index (Phi) is 5.04. The van der Waals surface area contributed by atoms with Gasteiger partial charge in [-0.25, -0.2) is 0 Å². The molecule has 3 nitrogen and oxygen atoms in total. The van der Waals surface area contributed by atoms with E-state index in [0.717, 1.165) is 17.1 Å². The lowest BCUT2D eigenvalue weighted by Gasteiger charge is -2.08. The fraction of sp³-hybridized carbons (Fsp3) is 0.364. The molecular formula is C11H15NO2S. The van der Waals surface area contributed by atoms with E-state index in [1.165, 1.54) is 11.8 Å². The van der Waals surface area contributed by atoms with Crippen molar-refractivity contribution in [2.45, 2.75) is 12.7 Å². The predicted molar refractivity (Wildman–Crippen MR) is 63.0 cm³/mol. The molecule has 1 aromatic carbocycles. The van der Waals surface area contributed by atoms with Gasteiger partial charge in [-0.05, 0) is 13.0 Å². The van der Waals surface area contributed by atoms with Crippen LogP contribution in [0.15, 0.2) is 24.3 Å². The first-order chi connectivity index (χ1) is 7.24. The summed E-state index contributed by atoms with van der Waals surface area (Å²) in [6.07, 6.45) is 0. The van der Waals surface area contributed by atoms with Crippen LogP contribution in [0.25, 0.3) is 0 Å². The highest BCUT2D eigenvalue weighted by Crippen LogP contribution is 2.22. The van der Waals surface area contributed by atoms with E-state index in [1.807, 2.05) is 31.2 Å². The fourth-order valence-electron chi connectivity index (χ4n) is 1.18. The molecule has 0 radical (unpaired) electrons. The molecule has 1 rings (SSSR count). The monoisotopic (exact) mass is 225 g/mol. The van der Waals surface area contributed by atoms with Crippen LogP contribution in [0, 0.1) is 0 Å². The second-order valence-corrected chi connectivity index (χ2v) is 3.99. The van der Waals surface area contributed by atoms with Gasteiger partial charge in [-0.1, -0.05) is 18.2 Å². The third-order valence-corrected chi connectivity index (χ3v) is 2.78. The summed E-state index contributed by atoms with van der Waals surface area (Å²) >= 11 is 1.50. The first kappa shape index (κ1) is 11.9. The van der Waals surface area contributed by atoms with Gasteiger partial charge in [-0.15, -0.1) is 11.8 Å². The molecule has 0 bridgehead atoms. The van der Waals surface area contributed by atoms with Crippen molar-refractivity contribution in [2.75, 3.05) is 12.4 Å². The van der Waals surface area contributed by atoms with Crippen LogP contribution in [0.2, 0.25) is 0 Å². The van der Waals surface area contributed by atoms with E-state index in [-0.39, 0.29) is 5.91 Å². The maximum atomic E-state index is 10.6. The number of hydrogen-bond acceptors (Lipinski definition) is 3. The average Bonchev–Trinajstić information content (AvgIpc) is 2.20. The number of thioether (sulfide) groups is 1. The molecule has 1 amide bonds. The first-order valence-electron chi connectivity index (χ1n) is 4.80. The van der Waals surface area contributed by atoms with Gasteiger partial charge in [0.1, 0.15) is 5.75 Å². The molecule has 0 unspecified atom stereocenters. The minimum atomic E-state index is -0.283. The quantitative estimate of drug-likeness (QED) is 0.803. The Morgan fingerprint density at radius 3 is 2.87 bits per heavy atom. The largest absolute Gasteiger partial charge is 0.494 e. The van der Waals surface area contributed by atoms with Crippen molar-refractivity contribution in [3.63, 3.8) is 0 Å². The molecule has 0 fully saturated rings. The summed E-state index contributed by atoms with van der Waals surface area (Å²) in [7, 11) is 0. The molecule has 0 aliphatic rings. The zero-order valence-corrected chi connectivity index (χ0v) is 9.55. The van der Waals surface area contributed by atoms with Crippen molar-refractivity contribution in [1.82, 2.24) is 0 Å². The van der Waals surface area contributed by atoms with Gasteiger partial charge in [0.2, 0.25) is 5.91 Å². The maximum absolute atomic E-state index is 10.6. The number of carbonyl (C=O) groups is 1. The van der Waals surface area contributed by atoms with E-state index < -0.39 is 0 Å². The van der Waals surface area contributed by atoms with Gasteiger partial charge in [0.25, 0.3) is 0 Å². The second-order valence-electron chi connectivity index (χ2n) is 3.00. The van der Waals surface area contributed by atoms with Gasteiger partial charge < -0.3 is 10.5 Å². The number of amides is 1. The first-order valence-corrected chi connectivity index (χ1v) is 5.96. The lowest BCUT2D eigenvalue weighted by Crippen LogP contribution is -2.13. The van der Waals surface area contributed by atoms with E-state index in [0.29, 0.717) is 12.4 Å². The second kappa shape index (κ2) is 6.35. The molecule has 0 atom stereocenters. The summed E-state index contributed by atoms with van der Waals surface area (Å²) in [6.45, 7) is 2.60. The Hall–Kier alpha value is -1.16. The minimum Gasteiger partial charge on any atom is -0.494 e. The minimum absolute atomic E-state index is 0.283. The van der Waals surface area contributed by atoms with E-state index in [2.05, 4.69) is 0 Å². The van der Waals surface area contributed by atoms with E-state index in [1.54, 1.807) is 0 Å². The zero-order chi connectivity index (χ0) is 11.1. The molecule has 4 heteroatoms. The van der Waals surface area contributed by atoms with Crippen LogP contribution < -0.4 is 10.5 Å². The van der Waals surface area contributed by atoms with Crippen LogP contribution in [0.4, 0.5) is 0 Å². The Bertz CT molecular complexity index is 328. The van der Waals surface area contributed by atoms with E-state index in [4.69, 9.17) is 10.5 Å². The number of nitrogens with two attached hydrogens (primary N) is 1. The smallest absolute Gasteiger partial charge is 0.227 e. The van der Waals surface area contributed by atoms with Crippen LogP contribution in [-0.2, 0) is 10.5 Å². The van der Waals surface area contributed by atoms with E-state index >= 15 is 0 Å². The van der Waals surface area contributed by atoms with Gasteiger partial charge in [-0.2, -0.15) is 0 Å². The zero-order valence-electron chi connectivity index (χ0n) is 8.73. The molecule has 0 heterocycles. The summed E-state index contributed by atoms with van der Waals surface area (Å²) in [5.74, 6) is 1.70. The third-order valence-electron chi connectivity index (χ3n) is 1.77. The molecular weight excluding hydrogens is 210 g/mol. The van der Waals surface area contributed by atoms with Gasteiger partial charge >= 0.3 is 0 Å². The third kappa shape index (κ3) is 4.25. The van der Waals surface area contributed by atoms with Gasteiger partial charge in [0.05, 0.1) is 12.4 Å². The molecule has 2 N–H and O–H groups in total. The van der Waals surface area contributed by atoms with Crippen LogP contribution in [0.1, 0.15) is 12.5 Å². The average molecular weight is 225 g/mol. The molecule has 0 aliphatic carbocycles. The van der Waals surface area contributed by atoms with Crippen LogP contribution >= 0.6 is 11.8 Å². The Balaban J connectivity index is 2.55. The summed E-state index contributed by atoms with van der Waals surface area (Å²) in [6, 6.07) is 7.83. The highest BCUT2D eigenvalue weighted by molar-refractivity contribution is 7.99. The molecule has 0 aliphatic heterocycles. The standard InChI is InChI=1S/C11H15NO2S/c1-2-14-10-6-4-3-5-9(10)7-15-8-11(12)13/h3-6H,2,7-8H2,1H3,(H2,12,13). The number of ether oxygens (including phenoxy) is 1. The lowest BCUT2D eigenvalue weighted by atomic mass is 10.2. The summed E-state index contributed by atoms with van der Waals surface area (Å²) < 4.78 is 5.47. The Labute approximate surface area is 94.0 Å². The Morgan fingerprint density at radius 1 is 1.47 bits per heavy atom. The highest BCUT2D eigenvalue weighted by atomic mass is 32.2. The van der Waals surface area contributed by atoms with Crippen molar-refractivity contribution in [3.8, 4) is 5.75 Å². The van der Waals surface area contributed by atoms with Gasteiger partial charge in [0, 0.05) is 11.3 Å². The number of primary amides is 1. The van der Waals surface area contributed by atoms with Crippen LogP contribution in [0.5, 0.6) is 5.75 Å². The molecule has 0 saturated heterocycles. The number of hydrogen-bond donors (Lipinski definition) is 1. The summed E-state index contributed by atoms with van der Waals surface area (Å²) in [5, 5.41) is 0. The number of carbonyl (C=O) groups excluding carboxylic acids is 1. The normalized spacial score (nSPS) is 9.93. The SMILES string of the molecule is CCOc1ccccc1CSCC(N)=O. The molecule has 15 heavy (non-hydrogen) atoms. The molecule has 0 saturated carbocycles. The lowest BCUT2D eigenvalue weighted by molar-refractivity contribution is -0.115. The predicted octanol–water partition coefficient (Wildman–Crippen LogP) is 1.80. The summed E-state index contributed by atoms with van der Waals surface area (Å²) in [4.78, 5) is 10.6. The molecule has 0 spiro atoms. The van der Waals surface area contributed by atoms with Crippen molar-refractivity contribution >= 4 is 17.7 Å². The Morgan fingerprint density at radius 2 is 2.20 bits per heavy atom. The molecule has 82 valence electrons. The molecule has 1 aromatic rings. The van der Waals surface area contributed by atoms with Crippen molar-refractivity contribution < 1.29 is 9.53 Å². The number of para-hydroxylation sites is 1. The van der Waals surface area contributed by atoms with Gasteiger partial charge in [-0.3, -0.25) is 4.79 Å². The van der Waals surface area contributed by atoms with E-state index in [9.17, 15) is 4.79 Å². The van der Waals surface area contributed by atoms with Crippen LogP contribution in [0.3, 0.4) is 0 Å². The van der Waals surface area contributed by atoms with Crippen molar-refractivity contribution in [1.29, 1.82) is 0 Å². The maximum Gasteiger partial charge on any atom is 0.227 e. The van der Waals surface area contributed by atoms with Crippen molar-refractivity contribution in [2.24, 2.45) is 5.73 Å². The number of benzene rings is 1. The molecule has 0 aromatic heterocycles. The number of rotatable bonds is 6.